The number of quaternary nitrogens is 1. The van der Waals surface area contributed by atoms with E-state index in [9.17, 15) is 13.6 Å². The van der Waals surface area contributed by atoms with E-state index in [1.165, 1.54) is 5.56 Å². The zero-order valence-electron chi connectivity index (χ0n) is 12.6. The fourth-order valence-electron chi connectivity index (χ4n) is 2.26. The molecule has 2 N–H and O–H groups in total. The molecule has 0 bridgehead atoms. The number of amides is 1. The number of aryl methyl sites for hydroxylation is 1. The Morgan fingerprint density at radius 1 is 1.18 bits per heavy atom. The van der Waals surface area contributed by atoms with Crippen LogP contribution in [0.3, 0.4) is 0 Å². The van der Waals surface area contributed by atoms with E-state index in [2.05, 4.69) is 5.32 Å². The SMILES string of the molecule is Cc1ccccc1C[NH+](C)CC(=O)Nc1cc(F)ccc1F. The standard InChI is InChI=1S/C17H18F2N2O/c1-12-5-3-4-6-13(12)10-21(2)11-17(22)20-16-9-14(18)7-8-15(16)19/h3-9H,10-11H2,1-2H3,(H,20,22)/p+1. The Morgan fingerprint density at radius 2 is 1.91 bits per heavy atom. The third kappa shape index (κ3) is 4.36. The van der Waals surface area contributed by atoms with Gasteiger partial charge in [-0.15, -0.1) is 0 Å². The second-order valence-corrected chi connectivity index (χ2v) is 5.41. The summed E-state index contributed by atoms with van der Waals surface area (Å²) in [7, 11) is 1.88. The van der Waals surface area contributed by atoms with Gasteiger partial charge in [-0.3, -0.25) is 4.79 Å². The molecule has 0 aliphatic heterocycles. The Hall–Kier alpha value is -2.27. The lowest BCUT2D eigenvalue weighted by molar-refractivity contribution is -0.885. The summed E-state index contributed by atoms with van der Waals surface area (Å²) in [5.41, 5.74) is 2.19. The summed E-state index contributed by atoms with van der Waals surface area (Å²) in [5, 5.41) is 2.41. The molecular weight excluding hydrogens is 286 g/mol. The second kappa shape index (κ2) is 7.13. The molecule has 0 aliphatic carbocycles. The molecule has 0 aromatic heterocycles. The summed E-state index contributed by atoms with van der Waals surface area (Å²) in [5.74, 6) is -1.58. The number of carbonyl (C=O) groups excluding carboxylic acids is 1. The molecule has 3 nitrogen and oxygen atoms in total. The molecule has 22 heavy (non-hydrogen) atoms. The number of hydrogen-bond acceptors (Lipinski definition) is 1. The molecule has 0 fully saturated rings. The highest BCUT2D eigenvalue weighted by molar-refractivity contribution is 5.91. The van der Waals surface area contributed by atoms with E-state index in [0.717, 1.165) is 28.7 Å². The molecule has 5 heteroatoms. The van der Waals surface area contributed by atoms with Crippen molar-refractivity contribution in [3.63, 3.8) is 0 Å². The average Bonchev–Trinajstić information content (AvgIpc) is 2.45. The fourth-order valence-corrected chi connectivity index (χ4v) is 2.26. The first-order valence-electron chi connectivity index (χ1n) is 7.06. The van der Waals surface area contributed by atoms with Crippen LogP contribution in [-0.4, -0.2) is 19.5 Å². The fraction of sp³-hybridized carbons (Fsp3) is 0.235. The van der Waals surface area contributed by atoms with Gasteiger partial charge in [-0.2, -0.15) is 0 Å². The smallest absolute Gasteiger partial charge is 0.279 e. The predicted octanol–water partition coefficient (Wildman–Crippen LogP) is 1.93. The Morgan fingerprint density at radius 3 is 2.64 bits per heavy atom. The molecule has 1 unspecified atom stereocenters. The number of carbonyl (C=O) groups is 1. The normalized spacial score (nSPS) is 12.0. The first-order valence-corrected chi connectivity index (χ1v) is 7.06. The van der Waals surface area contributed by atoms with Crippen LogP contribution in [-0.2, 0) is 11.3 Å². The number of rotatable bonds is 5. The van der Waals surface area contributed by atoms with E-state index in [-0.39, 0.29) is 18.1 Å². The van der Waals surface area contributed by atoms with Gasteiger partial charge in [-0.1, -0.05) is 24.3 Å². The Bertz CT molecular complexity index is 673. The molecule has 0 saturated heterocycles. The summed E-state index contributed by atoms with van der Waals surface area (Å²) in [6.07, 6.45) is 0. The molecular formula is C17H19F2N2O+. The van der Waals surface area contributed by atoms with Gasteiger partial charge in [0.1, 0.15) is 18.2 Å². The zero-order chi connectivity index (χ0) is 16.1. The number of halogens is 2. The summed E-state index contributed by atoms with van der Waals surface area (Å²) in [6, 6.07) is 10.9. The summed E-state index contributed by atoms with van der Waals surface area (Å²) < 4.78 is 26.5. The van der Waals surface area contributed by atoms with Crippen molar-refractivity contribution in [2.24, 2.45) is 0 Å². The molecule has 116 valence electrons. The van der Waals surface area contributed by atoms with Crippen LogP contribution < -0.4 is 10.2 Å². The number of hydrogen-bond donors (Lipinski definition) is 2. The molecule has 0 radical (unpaired) electrons. The minimum Gasteiger partial charge on any atom is -0.326 e. The van der Waals surface area contributed by atoms with Gasteiger partial charge in [0.25, 0.3) is 5.91 Å². The lowest BCUT2D eigenvalue weighted by atomic mass is 10.1. The van der Waals surface area contributed by atoms with Gasteiger partial charge in [0.15, 0.2) is 6.54 Å². The maximum absolute atomic E-state index is 13.5. The van der Waals surface area contributed by atoms with E-state index in [1.807, 2.05) is 38.2 Å². The first-order chi connectivity index (χ1) is 10.5. The third-order valence-electron chi connectivity index (χ3n) is 3.42. The molecule has 2 aromatic carbocycles. The van der Waals surface area contributed by atoms with Crippen LogP contribution in [0, 0.1) is 18.6 Å². The van der Waals surface area contributed by atoms with Gasteiger partial charge in [0.2, 0.25) is 0 Å². The molecule has 2 rings (SSSR count). The lowest BCUT2D eigenvalue weighted by Crippen LogP contribution is -3.08. The quantitative estimate of drug-likeness (QED) is 0.869. The molecule has 2 aromatic rings. The van der Waals surface area contributed by atoms with Crippen LogP contribution in [0.25, 0.3) is 0 Å². The summed E-state index contributed by atoms with van der Waals surface area (Å²) >= 11 is 0. The van der Waals surface area contributed by atoms with E-state index in [1.54, 1.807) is 0 Å². The van der Waals surface area contributed by atoms with Gasteiger partial charge >= 0.3 is 0 Å². The van der Waals surface area contributed by atoms with Gasteiger partial charge in [0, 0.05) is 11.6 Å². The van der Waals surface area contributed by atoms with Crippen molar-refractivity contribution in [2.45, 2.75) is 13.5 Å². The van der Waals surface area contributed by atoms with Crippen LogP contribution in [0.2, 0.25) is 0 Å². The highest BCUT2D eigenvalue weighted by Crippen LogP contribution is 2.14. The molecule has 0 heterocycles. The molecule has 1 atom stereocenters. The van der Waals surface area contributed by atoms with Gasteiger partial charge in [0.05, 0.1) is 12.7 Å². The van der Waals surface area contributed by atoms with E-state index in [0.29, 0.717) is 6.54 Å². The molecule has 0 saturated carbocycles. The Kier molecular flexibility index (Phi) is 5.22. The number of nitrogens with one attached hydrogen (secondary N) is 2. The maximum Gasteiger partial charge on any atom is 0.279 e. The zero-order valence-corrected chi connectivity index (χ0v) is 12.6. The lowest BCUT2D eigenvalue weighted by Gasteiger charge is -2.15. The van der Waals surface area contributed by atoms with Crippen LogP contribution in [0.5, 0.6) is 0 Å². The van der Waals surface area contributed by atoms with Crippen molar-refractivity contribution >= 4 is 11.6 Å². The van der Waals surface area contributed by atoms with Crippen molar-refractivity contribution in [1.82, 2.24) is 0 Å². The van der Waals surface area contributed by atoms with Crippen LogP contribution in [0.4, 0.5) is 14.5 Å². The van der Waals surface area contributed by atoms with E-state index < -0.39 is 11.6 Å². The largest absolute Gasteiger partial charge is 0.326 e. The Labute approximate surface area is 128 Å². The molecule has 1 amide bonds. The van der Waals surface area contributed by atoms with Crippen molar-refractivity contribution in [1.29, 1.82) is 0 Å². The topological polar surface area (TPSA) is 33.5 Å². The van der Waals surface area contributed by atoms with Crippen molar-refractivity contribution in [3.8, 4) is 0 Å². The molecule has 0 aliphatic rings. The third-order valence-corrected chi connectivity index (χ3v) is 3.42. The van der Waals surface area contributed by atoms with Crippen molar-refractivity contribution in [2.75, 3.05) is 18.9 Å². The minimum absolute atomic E-state index is 0.131. The van der Waals surface area contributed by atoms with Crippen molar-refractivity contribution in [3.05, 3.63) is 65.2 Å². The van der Waals surface area contributed by atoms with Crippen molar-refractivity contribution < 1.29 is 18.5 Å². The first kappa shape index (κ1) is 16.1. The monoisotopic (exact) mass is 305 g/mol. The Balaban J connectivity index is 1.94. The van der Waals surface area contributed by atoms with Gasteiger partial charge in [-0.05, 0) is 24.6 Å². The van der Waals surface area contributed by atoms with Crippen LogP contribution in [0.15, 0.2) is 42.5 Å². The number of anilines is 1. The average molecular weight is 305 g/mol. The van der Waals surface area contributed by atoms with Gasteiger partial charge < -0.3 is 10.2 Å². The highest BCUT2D eigenvalue weighted by atomic mass is 19.1. The summed E-state index contributed by atoms with van der Waals surface area (Å²) in [6.45, 7) is 2.88. The minimum atomic E-state index is -0.647. The second-order valence-electron chi connectivity index (χ2n) is 5.41. The van der Waals surface area contributed by atoms with E-state index >= 15 is 0 Å². The number of benzene rings is 2. The van der Waals surface area contributed by atoms with Crippen LogP contribution >= 0.6 is 0 Å². The maximum atomic E-state index is 13.5. The van der Waals surface area contributed by atoms with E-state index in [4.69, 9.17) is 0 Å². The number of likely N-dealkylation sites (N-methyl/N-ethyl adjacent to an activating group) is 1. The predicted molar refractivity (Wildman–Crippen MR) is 81.6 cm³/mol. The van der Waals surface area contributed by atoms with Crippen LogP contribution in [0.1, 0.15) is 11.1 Å². The summed E-state index contributed by atoms with van der Waals surface area (Å²) in [4.78, 5) is 12.9. The molecule has 0 spiro atoms. The highest BCUT2D eigenvalue weighted by Gasteiger charge is 2.14. The van der Waals surface area contributed by atoms with Gasteiger partial charge in [-0.25, -0.2) is 8.78 Å².